The van der Waals surface area contributed by atoms with E-state index in [1.54, 1.807) is 12.5 Å². The largest absolute Gasteiger partial charge is 0.373 e. The summed E-state index contributed by atoms with van der Waals surface area (Å²) < 4.78 is 1.91. The van der Waals surface area contributed by atoms with E-state index in [0.29, 0.717) is 5.95 Å². The van der Waals surface area contributed by atoms with Crippen molar-refractivity contribution in [1.29, 1.82) is 0 Å². The van der Waals surface area contributed by atoms with E-state index in [-0.39, 0.29) is 0 Å². The number of hydrogen-bond donors (Lipinski definition) is 2. The van der Waals surface area contributed by atoms with Crippen LogP contribution in [-0.4, -0.2) is 26.6 Å². The van der Waals surface area contributed by atoms with Crippen LogP contribution in [0, 0.1) is 0 Å². The second kappa shape index (κ2) is 10.3. The van der Waals surface area contributed by atoms with Gasteiger partial charge < -0.3 is 10.6 Å². The maximum Gasteiger partial charge on any atom is 0.213 e. The van der Waals surface area contributed by atoms with Gasteiger partial charge in [0.15, 0.2) is 0 Å². The minimum atomic E-state index is 0.716. The first-order valence-electron chi connectivity index (χ1n) is 9.47. The summed E-state index contributed by atoms with van der Waals surface area (Å²) >= 11 is 0. The molecule has 0 aromatic carbocycles. The lowest BCUT2D eigenvalue weighted by atomic mass is 10.0. The Hall–Kier alpha value is -2.89. The van der Waals surface area contributed by atoms with Gasteiger partial charge in [0.2, 0.25) is 5.95 Å². The van der Waals surface area contributed by atoms with Crippen LogP contribution in [0.3, 0.4) is 0 Å². The van der Waals surface area contributed by atoms with Gasteiger partial charge in [0.05, 0.1) is 0 Å². The molecule has 2 heterocycles. The third-order valence-corrected chi connectivity index (χ3v) is 4.16. The normalized spacial score (nSPS) is 13.0. The maximum atomic E-state index is 4.46. The zero-order valence-corrected chi connectivity index (χ0v) is 17.0. The second-order valence-electron chi connectivity index (χ2n) is 6.22. The van der Waals surface area contributed by atoms with Gasteiger partial charge in [-0.05, 0) is 32.3 Å². The van der Waals surface area contributed by atoms with Crippen LogP contribution in [0.4, 0.5) is 11.8 Å². The Kier molecular flexibility index (Phi) is 7.79. The van der Waals surface area contributed by atoms with Gasteiger partial charge in [-0.2, -0.15) is 0 Å². The van der Waals surface area contributed by atoms with Crippen molar-refractivity contribution in [3.8, 4) is 5.82 Å². The highest BCUT2D eigenvalue weighted by atomic mass is 15.2. The van der Waals surface area contributed by atoms with Crippen molar-refractivity contribution in [2.45, 2.75) is 47.0 Å². The third-order valence-electron chi connectivity index (χ3n) is 4.16. The Morgan fingerprint density at radius 1 is 1.22 bits per heavy atom. The summed E-state index contributed by atoms with van der Waals surface area (Å²) in [6.07, 6.45) is 15.1. The van der Waals surface area contributed by atoms with Crippen LogP contribution >= 0.6 is 0 Å². The van der Waals surface area contributed by atoms with Crippen molar-refractivity contribution in [1.82, 2.24) is 19.5 Å². The van der Waals surface area contributed by atoms with Crippen LogP contribution in [-0.2, 0) is 0 Å². The molecular formula is C21H30N6. The SMILES string of the molecule is C\C=C(Nc1nccn1-c1cc(NC)ncn1)/C(C)=C\C(=C/CC)CCC. The number of allylic oxidation sites excluding steroid dienone is 5. The third kappa shape index (κ3) is 5.54. The van der Waals surface area contributed by atoms with E-state index in [9.17, 15) is 0 Å². The first-order chi connectivity index (χ1) is 13.1. The highest BCUT2D eigenvalue weighted by molar-refractivity contribution is 5.51. The van der Waals surface area contributed by atoms with Crippen LogP contribution in [0.2, 0.25) is 0 Å². The number of aromatic nitrogens is 4. The van der Waals surface area contributed by atoms with Crippen LogP contribution in [0.5, 0.6) is 0 Å². The molecule has 2 rings (SSSR count). The molecule has 144 valence electrons. The quantitative estimate of drug-likeness (QED) is 0.604. The van der Waals surface area contributed by atoms with Gasteiger partial charge in [-0.3, -0.25) is 4.57 Å². The molecule has 0 fully saturated rings. The minimum absolute atomic E-state index is 0.716. The molecule has 0 aliphatic heterocycles. The van der Waals surface area contributed by atoms with E-state index in [2.05, 4.69) is 64.6 Å². The number of imidazole rings is 1. The molecule has 0 aliphatic rings. The van der Waals surface area contributed by atoms with Gasteiger partial charge >= 0.3 is 0 Å². The summed E-state index contributed by atoms with van der Waals surface area (Å²) in [4.78, 5) is 13.0. The maximum absolute atomic E-state index is 4.46. The first-order valence-corrected chi connectivity index (χ1v) is 9.47. The monoisotopic (exact) mass is 366 g/mol. The van der Waals surface area contributed by atoms with Crippen molar-refractivity contribution in [3.63, 3.8) is 0 Å². The summed E-state index contributed by atoms with van der Waals surface area (Å²) in [5.41, 5.74) is 3.58. The number of anilines is 2. The Morgan fingerprint density at radius 2 is 2.04 bits per heavy atom. The summed E-state index contributed by atoms with van der Waals surface area (Å²) in [5, 5.41) is 6.47. The number of nitrogens with zero attached hydrogens (tertiary/aromatic N) is 4. The Balaban J connectivity index is 2.27. The van der Waals surface area contributed by atoms with Crippen LogP contribution in [0.15, 0.2) is 59.9 Å². The van der Waals surface area contributed by atoms with E-state index < -0.39 is 0 Å². The zero-order chi connectivity index (χ0) is 19.6. The summed E-state index contributed by atoms with van der Waals surface area (Å²) in [6, 6.07) is 1.88. The predicted octanol–water partition coefficient (Wildman–Crippen LogP) is 5.10. The van der Waals surface area contributed by atoms with Crippen LogP contribution in [0.25, 0.3) is 5.82 Å². The number of hydrogen-bond acceptors (Lipinski definition) is 5. The molecule has 6 nitrogen and oxygen atoms in total. The molecule has 0 bridgehead atoms. The lowest BCUT2D eigenvalue weighted by Gasteiger charge is -2.14. The van der Waals surface area contributed by atoms with Crippen LogP contribution < -0.4 is 10.6 Å². The van der Waals surface area contributed by atoms with Gasteiger partial charge in [0, 0.05) is 31.2 Å². The fourth-order valence-corrected chi connectivity index (χ4v) is 2.86. The fourth-order valence-electron chi connectivity index (χ4n) is 2.86. The van der Waals surface area contributed by atoms with Gasteiger partial charge in [-0.25, -0.2) is 15.0 Å². The molecule has 0 aliphatic carbocycles. The molecule has 0 spiro atoms. The average molecular weight is 367 g/mol. The van der Waals surface area contributed by atoms with E-state index in [1.807, 2.05) is 30.8 Å². The van der Waals surface area contributed by atoms with Crippen molar-refractivity contribution >= 4 is 11.8 Å². The highest BCUT2D eigenvalue weighted by Gasteiger charge is 2.10. The van der Waals surface area contributed by atoms with Gasteiger partial charge in [0.25, 0.3) is 0 Å². The average Bonchev–Trinajstić information content (AvgIpc) is 3.14. The zero-order valence-electron chi connectivity index (χ0n) is 17.0. The molecule has 0 amide bonds. The summed E-state index contributed by atoms with van der Waals surface area (Å²) in [5.74, 6) is 2.23. The Morgan fingerprint density at radius 3 is 2.70 bits per heavy atom. The fraction of sp³-hybridized carbons (Fsp3) is 0.381. The number of nitrogens with one attached hydrogen (secondary N) is 2. The standard InChI is InChI=1S/C21H30N6/c1-6-9-17(10-7-2)13-16(4)18(8-3)26-21-23-11-12-27(21)20-14-19(22-5)24-15-25-20/h8-9,11-15H,6-7,10H2,1-5H3,(H,23,26)(H,22,24,25)/b16-13-,17-9-,18-8+. The Bertz CT molecular complexity index is 829. The molecule has 6 heteroatoms. The second-order valence-corrected chi connectivity index (χ2v) is 6.22. The summed E-state index contributed by atoms with van der Waals surface area (Å²) in [6.45, 7) is 8.53. The number of rotatable bonds is 9. The predicted molar refractivity (Wildman–Crippen MR) is 113 cm³/mol. The lowest BCUT2D eigenvalue weighted by Crippen LogP contribution is -2.08. The molecule has 0 atom stereocenters. The first kappa shape index (κ1) is 20.4. The molecule has 0 saturated heterocycles. The summed E-state index contributed by atoms with van der Waals surface area (Å²) in [7, 11) is 1.84. The molecule has 2 N–H and O–H groups in total. The van der Waals surface area contributed by atoms with Crippen molar-refractivity contribution in [2.24, 2.45) is 0 Å². The molecule has 27 heavy (non-hydrogen) atoms. The van der Waals surface area contributed by atoms with E-state index >= 15 is 0 Å². The van der Waals surface area contributed by atoms with Gasteiger partial charge in [-0.15, -0.1) is 0 Å². The molecule has 0 unspecified atom stereocenters. The van der Waals surface area contributed by atoms with Gasteiger partial charge in [-0.1, -0.05) is 44.1 Å². The van der Waals surface area contributed by atoms with Gasteiger partial charge in [0.1, 0.15) is 18.0 Å². The van der Waals surface area contributed by atoms with E-state index in [0.717, 1.165) is 36.6 Å². The van der Waals surface area contributed by atoms with Crippen molar-refractivity contribution in [2.75, 3.05) is 17.7 Å². The molecule has 2 aromatic heterocycles. The van der Waals surface area contributed by atoms with Crippen molar-refractivity contribution in [3.05, 3.63) is 59.9 Å². The molecule has 0 saturated carbocycles. The van der Waals surface area contributed by atoms with Crippen molar-refractivity contribution < 1.29 is 0 Å². The van der Waals surface area contributed by atoms with E-state index in [1.165, 1.54) is 11.1 Å². The van der Waals surface area contributed by atoms with Crippen LogP contribution in [0.1, 0.15) is 47.0 Å². The highest BCUT2D eigenvalue weighted by Crippen LogP contribution is 2.20. The smallest absolute Gasteiger partial charge is 0.213 e. The topological polar surface area (TPSA) is 67.7 Å². The Labute approximate surface area is 162 Å². The molecule has 2 aromatic rings. The minimum Gasteiger partial charge on any atom is -0.373 e. The van der Waals surface area contributed by atoms with E-state index in [4.69, 9.17) is 0 Å². The lowest BCUT2D eigenvalue weighted by molar-refractivity contribution is 0.915. The molecular weight excluding hydrogens is 336 g/mol. The molecule has 0 radical (unpaired) electrons.